The van der Waals surface area contributed by atoms with Gasteiger partial charge in [0.2, 0.25) is 6.36 Å². The van der Waals surface area contributed by atoms with E-state index in [1.165, 1.54) is 0 Å². The highest BCUT2D eigenvalue weighted by molar-refractivity contribution is 5.69. The van der Waals surface area contributed by atoms with Gasteiger partial charge in [0.15, 0.2) is 11.6 Å². The van der Waals surface area contributed by atoms with Crippen LogP contribution in [0, 0.1) is 28.8 Å². The average molecular weight is 317 g/mol. The quantitative estimate of drug-likeness (QED) is 0.431. The Hall–Kier alpha value is -2.10. The number of hydrogen-bond donors (Lipinski definition) is 0. The van der Waals surface area contributed by atoms with Crippen molar-refractivity contribution in [3.05, 3.63) is 35.1 Å². The van der Waals surface area contributed by atoms with Crippen molar-refractivity contribution in [1.82, 2.24) is 0 Å². The van der Waals surface area contributed by atoms with Crippen LogP contribution >= 0.6 is 0 Å². The molecule has 0 saturated heterocycles. The van der Waals surface area contributed by atoms with Crippen molar-refractivity contribution in [3.8, 4) is 6.07 Å². The Bertz CT molecular complexity index is 571. The highest BCUT2D eigenvalue weighted by Crippen LogP contribution is 2.26. The van der Waals surface area contributed by atoms with E-state index < -0.39 is 41.3 Å². The third-order valence-electron chi connectivity index (χ3n) is 2.96. The summed E-state index contributed by atoms with van der Waals surface area (Å²) < 4.78 is 57.3. The van der Waals surface area contributed by atoms with Crippen molar-refractivity contribution in [2.45, 2.75) is 44.9 Å². The Morgan fingerprint density at radius 2 is 2.00 bits per heavy atom. The lowest BCUT2D eigenvalue weighted by molar-refractivity contribution is -0.158. The summed E-state index contributed by atoms with van der Waals surface area (Å²) in [7, 11) is 0. The SMILES string of the molecule is CCCC(F)OC(=O)CCC(C#N)c1cc(F)cc(F)c1F. The lowest BCUT2D eigenvalue weighted by Gasteiger charge is -2.12. The first-order valence-electron chi connectivity index (χ1n) is 6.76. The van der Waals surface area contributed by atoms with Gasteiger partial charge in [-0.3, -0.25) is 4.79 Å². The summed E-state index contributed by atoms with van der Waals surface area (Å²) in [5, 5.41) is 8.98. The van der Waals surface area contributed by atoms with Gasteiger partial charge in [-0.1, -0.05) is 6.92 Å². The summed E-state index contributed by atoms with van der Waals surface area (Å²) in [6.45, 7) is 1.72. The fourth-order valence-corrected chi connectivity index (χ4v) is 1.87. The van der Waals surface area contributed by atoms with Gasteiger partial charge in [-0.05, 0) is 18.9 Å². The second-order valence-electron chi connectivity index (χ2n) is 4.70. The largest absolute Gasteiger partial charge is 0.431 e. The minimum Gasteiger partial charge on any atom is -0.431 e. The van der Waals surface area contributed by atoms with Crippen LogP contribution in [-0.4, -0.2) is 12.3 Å². The molecule has 0 aliphatic heterocycles. The zero-order chi connectivity index (χ0) is 16.7. The first-order chi connectivity index (χ1) is 10.4. The van der Waals surface area contributed by atoms with E-state index in [1.807, 2.05) is 0 Å². The van der Waals surface area contributed by atoms with Gasteiger partial charge in [-0.15, -0.1) is 0 Å². The fourth-order valence-electron chi connectivity index (χ4n) is 1.87. The van der Waals surface area contributed by atoms with E-state index in [4.69, 9.17) is 5.26 Å². The van der Waals surface area contributed by atoms with E-state index in [9.17, 15) is 22.4 Å². The molecule has 3 nitrogen and oxygen atoms in total. The summed E-state index contributed by atoms with van der Waals surface area (Å²) in [6, 6.07) is 2.73. The minimum absolute atomic E-state index is 0.0527. The molecule has 120 valence electrons. The van der Waals surface area contributed by atoms with Gasteiger partial charge in [-0.2, -0.15) is 5.26 Å². The fraction of sp³-hybridized carbons (Fsp3) is 0.467. The number of nitriles is 1. The summed E-state index contributed by atoms with van der Waals surface area (Å²) >= 11 is 0. The Morgan fingerprint density at radius 3 is 2.59 bits per heavy atom. The molecule has 0 aliphatic rings. The van der Waals surface area contributed by atoms with E-state index in [2.05, 4.69) is 4.74 Å². The van der Waals surface area contributed by atoms with Crippen LogP contribution in [0.15, 0.2) is 12.1 Å². The summed E-state index contributed by atoms with van der Waals surface area (Å²) in [4.78, 5) is 11.4. The molecular formula is C15H15F4NO2. The van der Waals surface area contributed by atoms with Crippen LogP contribution in [0.3, 0.4) is 0 Å². The van der Waals surface area contributed by atoms with Crippen molar-refractivity contribution < 1.29 is 27.1 Å². The molecule has 0 heterocycles. The summed E-state index contributed by atoms with van der Waals surface area (Å²) in [5.41, 5.74) is -0.474. The van der Waals surface area contributed by atoms with Gasteiger partial charge < -0.3 is 4.74 Å². The zero-order valence-electron chi connectivity index (χ0n) is 11.9. The number of nitrogens with zero attached hydrogens (tertiary/aromatic N) is 1. The highest BCUT2D eigenvalue weighted by Gasteiger charge is 2.22. The predicted octanol–water partition coefficient (Wildman–Crippen LogP) is 4.13. The molecular weight excluding hydrogens is 302 g/mol. The monoisotopic (exact) mass is 317 g/mol. The standard InChI is InChI=1S/C15H15F4NO2/c1-2-3-13(18)22-14(21)5-4-9(8-20)11-6-10(16)7-12(17)15(11)19/h6-7,9,13H,2-5H2,1H3. The maximum absolute atomic E-state index is 13.6. The van der Waals surface area contributed by atoms with Gasteiger partial charge in [0.05, 0.1) is 12.0 Å². The number of carbonyl (C=O) groups is 1. The Kier molecular flexibility index (Phi) is 6.83. The number of ether oxygens (including phenoxy) is 1. The van der Waals surface area contributed by atoms with Crippen LogP contribution in [0.4, 0.5) is 17.6 Å². The first-order valence-corrected chi connectivity index (χ1v) is 6.76. The van der Waals surface area contributed by atoms with Crippen LogP contribution in [0.25, 0.3) is 0 Å². The number of carbonyl (C=O) groups excluding carboxylic acids is 1. The third-order valence-corrected chi connectivity index (χ3v) is 2.96. The van der Waals surface area contributed by atoms with Crippen molar-refractivity contribution >= 4 is 5.97 Å². The maximum atomic E-state index is 13.6. The van der Waals surface area contributed by atoms with Crippen molar-refractivity contribution in [3.63, 3.8) is 0 Å². The van der Waals surface area contributed by atoms with E-state index >= 15 is 0 Å². The van der Waals surface area contributed by atoms with Gasteiger partial charge in [-0.25, -0.2) is 17.6 Å². The number of halogens is 4. The molecule has 0 bridgehead atoms. The summed E-state index contributed by atoms with van der Waals surface area (Å²) in [6.07, 6.45) is -1.78. The normalized spacial score (nSPS) is 13.3. The number of benzene rings is 1. The smallest absolute Gasteiger partial charge is 0.308 e. The Morgan fingerprint density at radius 1 is 1.32 bits per heavy atom. The second-order valence-corrected chi connectivity index (χ2v) is 4.70. The molecule has 0 N–H and O–H groups in total. The van der Waals surface area contributed by atoms with Crippen molar-refractivity contribution in [2.75, 3.05) is 0 Å². The number of rotatable bonds is 7. The number of hydrogen-bond acceptors (Lipinski definition) is 3. The highest BCUT2D eigenvalue weighted by atomic mass is 19.2. The van der Waals surface area contributed by atoms with E-state index in [0.29, 0.717) is 18.6 Å². The molecule has 2 atom stereocenters. The molecule has 0 fully saturated rings. The molecule has 0 aliphatic carbocycles. The molecule has 0 saturated carbocycles. The lowest BCUT2D eigenvalue weighted by Crippen LogP contribution is -2.14. The molecule has 1 rings (SSSR count). The maximum Gasteiger partial charge on any atom is 0.308 e. The Labute approximate surface area is 125 Å². The van der Waals surface area contributed by atoms with Gasteiger partial charge in [0.1, 0.15) is 5.82 Å². The van der Waals surface area contributed by atoms with Gasteiger partial charge >= 0.3 is 5.97 Å². The van der Waals surface area contributed by atoms with E-state index in [1.54, 1.807) is 13.0 Å². The third kappa shape index (κ3) is 5.02. The minimum atomic E-state index is -1.73. The van der Waals surface area contributed by atoms with E-state index in [0.717, 1.165) is 0 Å². The number of alkyl halides is 1. The molecule has 0 amide bonds. The second kappa shape index (κ2) is 8.37. The van der Waals surface area contributed by atoms with Crippen LogP contribution in [0.5, 0.6) is 0 Å². The molecule has 0 spiro atoms. The topological polar surface area (TPSA) is 50.1 Å². The van der Waals surface area contributed by atoms with Gasteiger partial charge in [0.25, 0.3) is 0 Å². The van der Waals surface area contributed by atoms with Crippen molar-refractivity contribution in [1.29, 1.82) is 5.26 Å². The average Bonchev–Trinajstić information content (AvgIpc) is 2.44. The Balaban J connectivity index is 2.71. The van der Waals surface area contributed by atoms with Crippen molar-refractivity contribution in [2.24, 2.45) is 0 Å². The first kappa shape index (κ1) is 18.0. The van der Waals surface area contributed by atoms with Crippen LogP contribution in [0.1, 0.15) is 44.1 Å². The molecule has 0 aromatic heterocycles. The molecule has 2 unspecified atom stereocenters. The zero-order valence-corrected chi connectivity index (χ0v) is 11.9. The predicted molar refractivity (Wildman–Crippen MR) is 69.8 cm³/mol. The molecule has 1 aromatic rings. The van der Waals surface area contributed by atoms with Crippen LogP contribution in [0.2, 0.25) is 0 Å². The lowest BCUT2D eigenvalue weighted by atomic mass is 9.95. The molecule has 0 radical (unpaired) electrons. The molecule has 22 heavy (non-hydrogen) atoms. The van der Waals surface area contributed by atoms with Crippen LogP contribution in [-0.2, 0) is 9.53 Å². The summed E-state index contributed by atoms with van der Waals surface area (Å²) in [5.74, 6) is -5.90. The van der Waals surface area contributed by atoms with Gasteiger partial charge in [0, 0.05) is 24.5 Å². The van der Waals surface area contributed by atoms with E-state index in [-0.39, 0.29) is 19.3 Å². The molecule has 7 heteroatoms. The van der Waals surface area contributed by atoms with Crippen LogP contribution < -0.4 is 0 Å². The molecule has 1 aromatic carbocycles. The number of esters is 1.